The molecule has 6 nitrogen and oxygen atoms in total. The fourth-order valence-corrected chi connectivity index (χ4v) is 2.64. The summed E-state index contributed by atoms with van der Waals surface area (Å²) in [6.07, 6.45) is 3.19. The summed E-state index contributed by atoms with van der Waals surface area (Å²) in [5.74, 6) is 0.638. The van der Waals surface area contributed by atoms with Gasteiger partial charge in [0.25, 0.3) is 5.91 Å². The Hall–Kier alpha value is -2.76. The first-order chi connectivity index (χ1) is 11.3. The van der Waals surface area contributed by atoms with Crippen molar-refractivity contribution in [2.75, 3.05) is 10.6 Å². The van der Waals surface area contributed by atoms with Crippen LogP contribution in [0.2, 0.25) is 0 Å². The molecule has 124 valence electrons. The van der Waals surface area contributed by atoms with Gasteiger partial charge in [-0.05, 0) is 31.5 Å². The Kier molecular flexibility index (Phi) is 3.83. The molecule has 1 aromatic heterocycles. The van der Waals surface area contributed by atoms with Crippen LogP contribution in [0.5, 0.6) is 0 Å². The Bertz CT molecular complexity index is 810. The molecule has 2 heterocycles. The van der Waals surface area contributed by atoms with E-state index in [1.807, 2.05) is 33.8 Å². The number of carbonyl (C=O) groups excluding carboxylic acids is 2. The van der Waals surface area contributed by atoms with Crippen molar-refractivity contribution in [1.82, 2.24) is 9.97 Å². The number of fused-ring (bicyclic) bond motifs is 1. The highest BCUT2D eigenvalue weighted by molar-refractivity contribution is 6.09. The molecule has 0 saturated heterocycles. The third-order valence-corrected chi connectivity index (χ3v) is 4.22. The van der Waals surface area contributed by atoms with Gasteiger partial charge in [0.15, 0.2) is 0 Å². The highest BCUT2D eigenvalue weighted by Crippen LogP contribution is 2.37. The SMILES string of the molecule is CC(C)c1ncc(NC(=O)c2ccc3c(c2)NC(=O)C3(C)C)cn1. The molecule has 24 heavy (non-hydrogen) atoms. The second kappa shape index (κ2) is 5.70. The molecule has 0 unspecified atom stereocenters. The lowest BCUT2D eigenvalue weighted by molar-refractivity contribution is -0.119. The Morgan fingerprint density at radius 1 is 1.21 bits per heavy atom. The van der Waals surface area contributed by atoms with E-state index in [0.717, 1.165) is 11.4 Å². The van der Waals surface area contributed by atoms with Crippen molar-refractivity contribution in [3.63, 3.8) is 0 Å². The van der Waals surface area contributed by atoms with Crippen LogP contribution in [0.25, 0.3) is 0 Å². The number of hydrogen-bond acceptors (Lipinski definition) is 4. The molecule has 1 aliphatic heterocycles. The van der Waals surface area contributed by atoms with Gasteiger partial charge in [-0.15, -0.1) is 0 Å². The van der Waals surface area contributed by atoms with E-state index in [4.69, 9.17) is 0 Å². The number of nitrogens with zero attached hydrogens (tertiary/aromatic N) is 2. The van der Waals surface area contributed by atoms with E-state index in [2.05, 4.69) is 20.6 Å². The fourth-order valence-electron chi connectivity index (χ4n) is 2.64. The molecule has 2 aromatic rings. The second-order valence-electron chi connectivity index (χ2n) is 6.78. The Morgan fingerprint density at radius 3 is 2.50 bits per heavy atom. The van der Waals surface area contributed by atoms with Crippen LogP contribution in [-0.2, 0) is 10.2 Å². The zero-order valence-corrected chi connectivity index (χ0v) is 14.2. The summed E-state index contributed by atoms with van der Waals surface area (Å²) >= 11 is 0. The summed E-state index contributed by atoms with van der Waals surface area (Å²) in [6.45, 7) is 7.74. The minimum absolute atomic E-state index is 0.0623. The first-order valence-corrected chi connectivity index (χ1v) is 7.88. The van der Waals surface area contributed by atoms with E-state index in [1.54, 1.807) is 24.5 Å². The number of amides is 2. The van der Waals surface area contributed by atoms with Crippen molar-refractivity contribution in [2.24, 2.45) is 0 Å². The first kappa shape index (κ1) is 16.1. The molecule has 0 bridgehead atoms. The normalized spacial score (nSPS) is 15.1. The van der Waals surface area contributed by atoms with Crippen LogP contribution in [0.15, 0.2) is 30.6 Å². The molecule has 2 amide bonds. The summed E-state index contributed by atoms with van der Waals surface area (Å²) in [4.78, 5) is 32.8. The Morgan fingerprint density at radius 2 is 1.88 bits per heavy atom. The molecule has 0 fully saturated rings. The minimum Gasteiger partial charge on any atom is -0.325 e. The van der Waals surface area contributed by atoms with Crippen molar-refractivity contribution in [2.45, 2.75) is 39.0 Å². The van der Waals surface area contributed by atoms with Crippen LogP contribution in [-0.4, -0.2) is 21.8 Å². The average Bonchev–Trinajstić information content (AvgIpc) is 2.77. The molecule has 0 spiro atoms. The van der Waals surface area contributed by atoms with Crippen LogP contribution in [0.1, 0.15) is 55.4 Å². The smallest absolute Gasteiger partial charge is 0.255 e. The molecule has 3 rings (SSSR count). The van der Waals surface area contributed by atoms with Gasteiger partial charge in [-0.3, -0.25) is 9.59 Å². The summed E-state index contributed by atoms with van der Waals surface area (Å²) in [6, 6.07) is 5.24. The van der Waals surface area contributed by atoms with Crippen molar-refractivity contribution in [1.29, 1.82) is 0 Å². The molecular formula is C18H20N4O2. The third kappa shape index (κ3) is 2.75. The lowest BCUT2D eigenvalue weighted by Gasteiger charge is -2.15. The van der Waals surface area contributed by atoms with Gasteiger partial charge in [0, 0.05) is 17.2 Å². The third-order valence-electron chi connectivity index (χ3n) is 4.22. The molecule has 1 aromatic carbocycles. The van der Waals surface area contributed by atoms with Crippen molar-refractivity contribution in [3.05, 3.63) is 47.5 Å². The average molecular weight is 324 g/mol. The molecular weight excluding hydrogens is 304 g/mol. The number of aromatic nitrogens is 2. The molecule has 0 aliphatic carbocycles. The molecule has 2 N–H and O–H groups in total. The van der Waals surface area contributed by atoms with Crippen LogP contribution in [0, 0.1) is 0 Å². The number of carbonyl (C=O) groups is 2. The fraction of sp³-hybridized carbons (Fsp3) is 0.333. The molecule has 0 atom stereocenters. The largest absolute Gasteiger partial charge is 0.325 e. The summed E-state index contributed by atoms with van der Waals surface area (Å²) in [5.41, 5.74) is 2.01. The van der Waals surface area contributed by atoms with Gasteiger partial charge in [-0.2, -0.15) is 0 Å². The van der Waals surface area contributed by atoms with E-state index < -0.39 is 5.41 Å². The van der Waals surface area contributed by atoms with Crippen LogP contribution in [0.3, 0.4) is 0 Å². The van der Waals surface area contributed by atoms with Gasteiger partial charge < -0.3 is 10.6 Å². The maximum atomic E-state index is 12.4. The number of nitrogens with one attached hydrogen (secondary N) is 2. The van der Waals surface area contributed by atoms with E-state index in [1.165, 1.54) is 0 Å². The lowest BCUT2D eigenvalue weighted by Crippen LogP contribution is -2.26. The van der Waals surface area contributed by atoms with Gasteiger partial charge in [0.2, 0.25) is 5.91 Å². The van der Waals surface area contributed by atoms with Gasteiger partial charge in [0.05, 0.1) is 23.5 Å². The summed E-state index contributed by atoms with van der Waals surface area (Å²) in [5, 5.41) is 5.59. The Labute approximate surface area is 140 Å². The predicted octanol–water partition coefficient (Wildman–Crippen LogP) is 3.08. The number of hydrogen-bond donors (Lipinski definition) is 2. The van der Waals surface area contributed by atoms with Gasteiger partial charge >= 0.3 is 0 Å². The van der Waals surface area contributed by atoms with E-state index in [9.17, 15) is 9.59 Å². The first-order valence-electron chi connectivity index (χ1n) is 7.88. The number of benzene rings is 1. The quantitative estimate of drug-likeness (QED) is 0.908. The second-order valence-corrected chi connectivity index (χ2v) is 6.78. The summed E-state index contributed by atoms with van der Waals surface area (Å²) < 4.78 is 0. The van der Waals surface area contributed by atoms with E-state index in [-0.39, 0.29) is 17.7 Å². The maximum Gasteiger partial charge on any atom is 0.255 e. The highest BCUT2D eigenvalue weighted by Gasteiger charge is 2.38. The van der Waals surface area contributed by atoms with Crippen LogP contribution in [0.4, 0.5) is 11.4 Å². The van der Waals surface area contributed by atoms with Crippen molar-refractivity contribution in [3.8, 4) is 0 Å². The molecule has 1 aliphatic rings. The highest BCUT2D eigenvalue weighted by atomic mass is 16.2. The predicted molar refractivity (Wildman–Crippen MR) is 92.2 cm³/mol. The zero-order valence-electron chi connectivity index (χ0n) is 14.2. The minimum atomic E-state index is -0.579. The van der Waals surface area contributed by atoms with E-state index in [0.29, 0.717) is 16.9 Å². The topological polar surface area (TPSA) is 84.0 Å². The molecule has 6 heteroatoms. The standard InChI is InChI=1S/C18H20N4O2/c1-10(2)15-19-8-12(9-20-15)21-16(23)11-5-6-13-14(7-11)22-17(24)18(13,3)4/h5-10H,1-4H3,(H,21,23)(H,22,24). The van der Waals surface area contributed by atoms with Gasteiger partial charge in [-0.1, -0.05) is 19.9 Å². The zero-order chi connectivity index (χ0) is 17.5. The monoisotopic (exact) mass is 324 g/mol. The Balaban J connectivity index is 1.79. The molecule has 0 radical (unpaired) electrons. The number of anilines is 2. The van der Waals surface area contributed by atoms with Gasteiger partial charge in [-0.25, -0.2) is 9.97 Å². The lowest BCUT2D eigenvalue weighted by atomic mass is 9.86. The number of rotatable bonds is 3. The summed E-state index contributed by atoms with van der Waals surface area (Å²) in [7, 11) is 0. The van der Waals surface area contributed by atoms with Crippen LogP contribution >= 0.6 is 0 Å². The molecule has 0 saturated carbocycles. The maximum absolute atomic E-state index is 12.4. The van der Waals surface area contributed by atoms with Gasteiger partial charge in [0.1, 0.15) is 5.82 Å². The van der Waals surface area contributed by atoms with E-state index >= 15 is 0 Å². The van der Waals surface area contributed by atoms with Crippen molar-refractivity contribution >= 4 is 23.2 Å². The van der Waals surface area contributed by atoms with Crippen LogP contribution < -0.4 is 10.6 Å². The van der Waals surface area contributed by atoms with Crippen molar-refractivity contribution < 1.29 is 9.59 Å².